The van der Waals surface area contributed by atoms with Crippen molar-refractivity contribution in [3.8, 4) is 0 Å². The SMILES string of the molecule is CCC1=CC(C)C(C2=CC(C)N(CC(=O)NC3(C=N)CC3)CC(CCOCC(F)F)=N2)C=C1. The van der Waals surface area contributed by atoms with Gasteiger partial charge in [-0.25, -0.2) is 8.78 Å². The fraction of sp³-hybridized carbons (Fsp3) is 0.640. The number of alkyl halides is 2. The molecule has 8 heteroatoms. The average Bonchev–Trinajstić information content (AvgIpc) is 3.56. The van der Waals surface area contributed by atoms with Gasteiger partial charge in [-0.05, 0) is 38.2 Å². The lowest BCUT2D eigenvalue weighted by molar-refractivity contribution is -0.122. The van der Waals surface area contributed by atoms with Crippen molar-refractivity contribution >= 4 is 17.8 Å². The Hall–Kier alpha value is -2.19. The van der Waals surface area contributed by atoms with E-state index in [0.717, 1.165) is 30.7 Å². The van der Waals surface area contributed by atoms with E-state index in [1.54, 1.807) is 0 Å². The summed E-state index contributed by atoms with van der Waals surface area (Å²) in [4.78, 5) is 19.7. The second kappa shape index (κ2) is 11.3. The number of hydrogen-bond donors (Lipinski definition) is 2. The summed E-state index contributed by atoms with van der Waals surface area (Å²) in [5, 5.41) is 10.5. The molecule has 0 saturated heterocycles. The first kappa shape index (κ1) is 25.4. The monoisotopic (exact) mass is 462 g/mol. The summed E-state index contributed by atoms with van der Waals surface area (Å²) < 4.78 is 30.0. The first-order chi connectivity index (χ1) is 15.7. The van der Waals surface area contributed by atoms with Crippen molar-refractivity contribution < 1.29 is 18.3 Å². The van der Waals surface area contributed by atoms with Gasteiger partial charge in [-0.15, -0.1) is 0 Å². The van der Waals surface area contributed by atoms with Crippen LogP contribution in [0, 0.1) is 17.2 Å². The third kappa shape index (κ3) is 7.14. The summed E-state index contributed by atoms with van der Waals surface area (Å²) in [6.07, 6.45) is 10.6. The Morgan fingerprint density at radius 3 is 2.76 bits per heavy atom. The van der Waals surface area contributed by atoms with E-state index in [9.17, 15) is 13.6 Å². The van der Waals surface area contributed by atoms with Crippen LogP contribution in [0.2, 0.25) is 0 Å². The molecule has 1 saturated carbocycles. The van der Waals surface area contributed by atoms with E-state index in [0.29, 0.717) is 18.9 Å². The summed E-state index contributed by atoms with van der Waals surface area (Å²) in [5.74, 6) is 0.302. The van der Waals surface area contributed by atoms with Crippen LogP contribution in [0.3, 0.4) is 0 Å². The summed E-state index contributed by atoms with van der Waals surface area (Å²) in [7, 11) is 0. The van der Waals surface area contributed by atoms with Crippen molar-refractivity contribution in [2.45, 2.75) is 64.5 Å². The van der Waals surface area contributed by atoms with Gasteiger partial charge in [0.1, 0.15) is 6.61 Å². The highest BCUT2D eigenvalue weighted by atomic mass is 19.3. The summed E-state index contributed by atoms with van der Waals surface area (Å²) in [5.41, 5.74) is 2.61. The van der Waals surface area contributed by atoms with Crippen LogP contribution in [0.15, 0.2) is 40.6 Å². The van der Waals surface area contributed by atoms with E-state index >= 15 is 0 Å². The molecule has 6 nitrogen and oxygen atoms in total. The summed E-state index contributed by atoms with van der Waals surface area (Å²) in [6, 6.07) is -0.0266. The molecule has 1 heterocycles. The van der Waals surface area contributed by atoms with Crippen molar-refractivity contribution in [1.29, 1.82) is 5.41 Å². The van der Waals surface area contributed by atoms with Crippen molar-refractivity contribution in [3.63, 3.8) is 0 Å². The molecule has 33 heavy (non-hydrogen) atoms. The van der Waals surface area contributed by atoms with Gasteiger partial charge in [0.2, 0.25) is 5.91 Å². The largest absolute Gasteiger partial charge is 0.375 e. The molecule has 3 unspecified atom stereocenters. The number of carbonyl (C=O) groups excluding carboxylic acids is 1. The van der Waals surface area contributed by atoms with Crippen LogP contribution >= 0.6 is 0 Å². The standard InChI is InChI=1S/C25H36F2N4O2/c1-4-19-5-6-21(17(2)11-19)22-12-18(3)31(14-24(32)30-25(16-28)8-9-25)13-20(29-22)7-10-33-15-23(26)27/h5-6,11-12,16-18,21,23,28H,4,7-10,13-15H2,1-3H3,(H,30,32). The minimum Gasteiger partial charge on any atom is -0.375 e. The molecule has 2 aliphatic carbocycles. The van der Waals surface area contributed by atoms with Crippen LogP contribution in [-0.2, 0) is 9.53 Å². The smallest absolute Gasteiger partial charge is 0.261 e. The van der Waals surface area contributed by atoms with Gasteiger partial charge < -0.3 is 15.5 Å². The van der Waals surface area contributed by atoms with E-state index in [4.69, 9.17) is 15.1 Å². The third-order valence-electron chi connectivity index (χ3n) is 6.55. The second-order valence-electron chi connectivity index (χ2n) is 9.32. The van der Waals surface area contributed by atoms with Crippen LogP contribution < -0.4 is 5.32 Å². The topological polar surface area (TPSA) is 77.8 Å². The molecule has 182 valence electrons. The number of ether oxygens (including phenoxy) is 1. The molecule has 1 aliphatic heterocycles. The maximum absolute atomic E-state index is 12.7. The molecule has 2 N–H and O–H groups in total. The molecular formula is C25H36F2N4O2. The molecule has 3 rings (SSSR count). The van der Waals surface area contributed by atoms with Crippen molar-refractivity contribution in [2.75, 3.05) is 26.3 Å². The maximum atomic E-state index is 12.7. The lowest BCUT2D eigenvalue weighted by Crippen LogP contribution is -2.47. The molecule has 0 aromatic rings. The lowest BCUT2D eigenvalue weighted by Gasteiger charge is -2.27. The van der Waals surface area contributed by atoms with Crippen LogP contribution in [0.25, 0.3) is 0 Å². The second-order valence-corrected chi connectivity index (χ2v) is 9.32. The number of allylic oxidation sites excluding steroid dienone is 4. The Kier molecular flexibility index (Phi) is 8.70. The normalized spacial score (nSPS) is 26.8. The minimum absolute atomic E-state index is 0.0266. The molecule has 1 fully saturated rings. The minimum atomic E-state index is -2.49. The van der Waals surface area contributed by atoms with Gasteiger partial charge in [-0.2, -0.15) is 0 Å². The number of aliphatic imine (C=N–C) groups is 1. The zero-order valence-electron chi connectivity index (χ0n) is 19.8. The fourth-order valence-electron chi connectivity index (χ4n) is 4.31. The highest BCUT2D eigenvalue weighted by Gasteiger charge is 2.42. The van der Waals surface area contributed by atoms with Crippen LogP contribution in [0.4, 0.5) is 8.78 Å². The Bertz CT molecular complexity index is 845. The Balaban J connectivity index is 1.75. The number of nitrogens with one attached hydrogen (secondary N) is 2. The van der Waals surface area contributed by atoms with Crippen molar-refractivity contribution in [1.82, 2.24) is 10.2 Å². The number of amides is 1. The van der Waals surface area contributed by atoms with Crippen LogP contribution in [-0.4, -0.2) is 67.0 Å². The number of rotatable bonds is 11. The van der Waals surface area contributed by atoms with Gasteiger partial charge in [0.05, 0.1) is 18.7 Å². The van der Waals surface area contributed by atoms with Gasteiger partial charge in [0.15, 0.2) is 0 Å². The maximum Gasteiger partial charge on any atom is 0.261 e. The first-order valence-electron chi connectivity index (χ1n) is 11.8. The van der Waals surface area contributed by atoms with E-state index in [1.807, 2.05) is 11.8 Å². The predicted molar refractivity (Wildman–Crippen MR) is 127 cm³/mol. The zero-order valence-corrected chi connectivity index (χ0v) is 19.8. The molecule has 3 atom stereocenters. The Morgan fingerprint density at radius 1 is 1.39 bits per heavy atom. The van der Waals surface area contributed by atoms with Crippen LogP contribution in [0.1, 0.15) is 46.5 Å². The number of carbonyl (C=O) groups is 1. The highest BCUT2D eigenvalue weighted by Crippen LogP contribution is 2.34. The molecular weight excluding hydrogens is 426 g/mol. The van der Waals surface area contributed by atoms with E-state index in [1.165, 1.54) is 11.8 Å². The third-order valence-corrected chi connectivity index (χ3v) is 6.55. The molecule has 0 spiro atoms. The lowest BCUT2D eigenvalue weighted by atomic mass is 9.84. The van der Waals surface area contributed by atoms with E-state index in [2.05, 4.69) is 43.5 Å². The van der Waals surface area contributed by atoms with Gasteiger partial charge >= 0.3 is 0 Å². The molecule has 0 radical (unpaired) electrons. The van der Waals surface area contributed by atoms with Gasteiger partial charge in [-0.1, -0.05) is 37.6 Å². The van der Waals surface area contributed by atoms with Gasteiger partial charge in [0, 0.05) is 42.5 Å². The van der Waals surface area contributed by atoms with Gasteiger partial charge in [0.25, 0.3) is 6.43 Å². The molecule has 0 aromatic heterocycles. The Labute approximate surface area is 195 Å². The number of nitrogens with zero attached hydrogens (tertiary/aromatic N) is 2. The molecule has 1 amide bonds. The first-order valence-corrected chi connectivity index (χ1v) is 11.8. The number of hydrogen-bond acceptors (Lipinski definition) is 5. The number of halogens is 2. The van der Waals surface area contributed by atoms with E-state index < -0.39 is 18.6 Å². The molecule has 0 aromatic carbocycles. The molecule has 3 aliphatic rings. The highest BCUT2D eigenvalue weighted by molar-refractivity contribution is 5.89. The zero-order chi connectivity index (χ0) is 24.0. The Morgan fingerprint density at radius 2 is 2.15 bits per heavy atom. The van der Waals surface area contributed by atoms with Crippen molar-refractivity contribution in [3.05, 3.63) is 35.6 Å². The van der Waals surface area contributed by atoms with Crippen LogP contribution in [0.5, 0.6) is 0 Å². The fourth-order valence-corrected chi connectivity index (χ4v) is 4.31. The van der Waals surface area contributed by atoms with Crippen molar-refractivity contribution in [2.24, 2.45) is 16.8 Å². The quantitative estimate of drug-likeness (QED) is 0.358. The summed E-state index contributed by atoms with van der Waals surface area (Å²) >= 11 is 0. The van der Waals surface area contributed by atoms with E-state index in [-0.39, 0.29) is 31.0 Å². The molecule has 0 bridgehead atoms. The predicted octanol–water partition coefficient (Wildman–Crippen LogP) is 4.14. The van der Waals surface area contributed by atoms with Gasteiger partial charge in [-0.3, -0.25) is 14.7 Å². The summed E-state index contributed by atoms with van der Waals surface area (Å²) in [6.45, 7) is 6.60. The average molecular weight is 463 g/mol.